The van der Waals surface area contributed by atoms with Crippen molar-refractivity contribution in [1.29, 1.82) is 0 Å². The molecule has 2 nitrogen and oxygen atoms in total. The fraction of sp³-hybridized carbons (Fsp3) is 0.533. The Morgan fingerprint density at radius 1 is 1.29 bits per heavy atom. The molecule has 2 heteroatoms. The van der Waals surface area contributed by atoms with Crippen LogP contribution in [0.4, 0.5) is 0 Å². The molecule has 1 aromatic rings. The van der Waals surface area contributed by atoms with Crippen LogP contribution in [-0.2, 0) is 11.2 Å². The van der Waals surface area contributed by atoms with Gasteiger partial charge in [-0.05, 0) is 23.5 Å². The van der Waals surface area contributed by atoms with Gasteiger partial charge in [-0.3, -0.25) is 0 Å². The van der Waals surface area contributed by atoms with Gasteiger partial charge in [-0.1, -0.05) is 57.4 Å². The third-order valence-electron chi connectivity index (χ3n) is 3.16. The number of benzene rings is 1. The maximum absolute atomic E-state index is 10.7. The minimum atomic E-state index is -1.00. The van der Waals surface area contributed by atoms with Crippen LogP contribution < -0.4 is 5.11 Å². The van der Waals surface area contributed by atoms with Gasteiger partial charge in [0.15, 0.2) is 0 Å². The molecular weight excluding hydrogens is 212 g/mol. The molecule has 0 aliphatic rings. The molecule has 0 aromatic heterocycles. The van der Waals surface area contributed by atoms with E-state index in [4.69, 9.17) is 0 Å². The topological polar surface area (TPSA) is 40.1 Å². The Morgan fingerprint density at radius 3 is 2.65 bits per heavy atom. The highest BCUT2D eigenvalue weighted by Crippen LogP contribution is 2.25. The number of carbonyl (C=O) groups is 1. The summed E-state index contributed by atoms with van der Waals surface area (Å²) in [5.41, 5.74) is 2.06. The lowest BCUT2D eigenvalue weighted by molar-refractivity contribution is -0.304. The summed E-state index contributed by atoms with van der Waals surface area (Å²) in [5.74, 6) is -0.574. The lowest BCUT2D eigenvalue weighted by atomic mass is 9.90. The summed E-state index contributed by atoms with van der Waals surface area (Å²) in [6, 6.07) is 7.79. The summed E-state index contributed by atoms with van der Waals surface area (Å²) in [7, 11) is 0. The van der Waals surface area contributed by atoms with Crippen molar-refractivity contribution < 1.29 is 9.90 Å². The Labute approximate surface area is 104 Å². The van der Waals surface area contributed by atoms with Gasteiger partial charge in [0.05, 0.1) is 0 Å². The maximum atomic E-state index is 10.7. The molecule has 0 amide bonds. The van der Waals surface area contributed by atoms with E-state index >= 15 is 0 Å². The fourth-order valence-corrected chi connectivity index (χ4v) is 2.19. The molecule has 1 rings (SSSR count). The quantitative estimate of drug-likeness (QED) is 0.679. The largest absolute Gasteiger partial charge is 0.550 e. The smallest absolute Gasteiger partial charge is 0.0458 e. The number of unbranched alkanes of at least 4 members (excludes halogenated alkanes) is 2. The second kappa shape index (κ2) is 7.10. The van der Waals surface area contributed by atoms with E-state index in [9.17, 15) is 9.90 Å². The Kier molecular flexibility index (Phi) is 5.75. The Morgan fingerprint density at radius 2 is 2.00 bits per heavy atom. The zero-order valence-corrected chi connectivity index (χ0v) is 10.7. The molecule has 0 unspecified atom stereocenters. The number of rotatable bonds is 7. The van der Waals surface area contributed by atoms with Crippen molar-refractivity contribution in [3.8, 4) is 0 Å². The molecule has 0 aliphatic heterocycles. The molecule has 0 saturated carbocycles. The number of carboxylic acids is 1. The molecular formula is C15H21O2-. The molecule has 0 radical (unpaired) electrons. The molecule has 0 N–H and O–H groups in total. The highest BCUT2D eigenvalue weighted by molar-refractivity contribution is 5.68. The van der Waals surface area contributed by atoms with E-state index in [2.05, 4.69) is 13.8 Å². The molecule has 0 spiro atoms. The minimum Gasteiger partial charge on any atom is -0.550 e. The second-order valence-corrected chi connectivity index (χ2v) is 4.64. The van der Waals surface area contributed by atoms with Gasteiger partial charge in [0.2, 0.25) is 0 Å². The van der Waals surface area contributed by atoms with E-state index in [1.165, 1.54) is 19.3 Å². The number of hydrogen-bond acceptors (Lipinski definition) is 2. The van der Waals surface area contributed by atoms with Crippen LogP contribution in [0, 0.1) is 0 Å². The van der Waals surface area contributed by atoms with Crippen LogP contribution >= 0.6 is 0 Å². The summed E-state index contributed by atoms with van der Waals surface area (Å²) >= 11 is 0. The summed E-state index contributed by atoms with van der Waals surface area (Å²) in [6.07, 6.45) is 4.81. The molecule has 94 valence electrons. The molecule has 0 fully saturated rings. The molecule has 0 aliphatic carbocycles. The van der Waals surface area contributed by atoms with Crippen LogP contribution in [-0.4, -0.2) is 5.97 Å². The van der Waals surface area contributed by atoms with Crippen molar-refractivity contribution in [3.05, 3.63) is 35.4 Å². The SMILES string of the molecule is CCCCC[C@@H](C)c1ccccc1CC(=O)[O-]. The normalized spacial score (nSPS) is 12.4. The number of aliphatic carboxylic acids is 1. The van der Waals surface area contributed by atoms with Gasteiger partial charge < -0.3 is 9.90 Å². The van der Waals surface area contributed by atoms with Gasteiger partial charge >= 0.3 is 0 Å². The average molecular weight is 233 g/mol. The van der Waals surface area contributed by atoms with Crippen molar-refractivity contribution in [2.75, 3.05) is 0 Å². The lowest BCUT2D eigenvalue weighted by Crippen LogP contribution is -2.25. The van der Waals surface area contributed by atoms with E-state index in [0.717, 1.165) is 17.5 Å². The highest BCUT2D eigenvalue weighted by atomic mass is 16.4. The second-order valence-electron chi connectivity index (χ2n) is 4.64. The Balaban J connectivity index is 2.70. The van der Waals surface area contributed by atoms with E-state index in [0.29, 0.717) is 5.92 Å². The van der Waals surface area contributed by atoms with Crippen LogP contribution in [0.5, 0.6) is 0 Å². The predicted octanol–water partition coefficient (Wildman–Crippen LogP) is 2.66. The van der Waals surface area contributed by atoms with E-state index in [-0.39, 0.29) is 6.42 Å². The molecule has 0 bridgehead atoms. The lowest BCUT2D eigenvalue weighted by Gasteiger charge is -2.16. The van der Waals surface area contributed by atoms with Crippen molar-refractivity contribution >= 4 is 5.97 Å². The summed E-state index contributed by atoms with van der Waals surface area (Å²) in [5, 5.41) is 10.7. The van der Waals surface area contributed by atoms with Crippen LogP contribution in [0.2, 0.25) is 0 Å². The zero-order valence-electron chi connectivity index (χ0n) is 10.7. The van der Waals surface area contributed by atoms with Gasteiger partial charge in [0.25, 0.3) is 0 Å². The molecule has 17 heavy (non-hydrogen) atoms. The summed E-state index contributed by atoms with van der Waals surface area (Å²) < 4.78 is 0. The van der Waals surface area contributed by atoms with Crippen molar-refractivity contribution in [2.24, 2.45) is 0 Å². The van der Waals surface area contributed by atoms with E-state index in [1.54, 1.807) is 0 Å². The van der Waals surface area contributed by atoms with Crippen LogP contribution in [0.15, 0.2) is 24.3 Å². The predicted molar refractivity (Wildman–Crippen MR) is 67.7 cm³/mol. The fourth-order valence-electron chi connectivity index (χ4n) is 2.19. The highest BCUT2D eigenvalue weighted by Gasteiger charge is 2.09. The van der Waals surface area contributed by atoms with Gasteiger partial charge in [0.1, 0.15) is 0 Å². The molecule has 1 atom stereocenters. The van der Waals surface area contributed by atoms with Crippen molar-refractivity contribution in [2.45, 2.75) is 51.9 Å². The van der Waals surface area contributed by atoms with Crippen LogP contribution in [0.25, 0.3) is 0 Å². The standard InChI is InChI=1S/C15H22O2/c1-3-4-5-8-12(2)14-10-7-6-9-13(14)11-15(16)17/h6-7,9-10,12H,3-5,8,11H2,1-2H3,(H,16,17)/p-1/t12-/m1/s1. The first kappa shape index (κ1) is 13.8. The number of hydrogen-bond donors (Lipinski definition) is 0. The molecule has 0 heterocycles. The Hall–Kier alpha value is -1.31. The zero-order chi connectivity index (χ0) is 12.7. The minimum absolute atomic E-state index is 0.0221. The van der Waals surface area contributed by atoms with Gasteiger partial charge in [-0.25, -0.2) is 0 Å². The van der Waals surface area contributed by atoms with Gasteiger partial charge in [0, 0.05) is 12.4 Å². The molecule has 1 aromatic carbocycles. The van der Waals surface area contributed by atoms with Crippen molar-refractivity contribution in [1.82, 2.24) is 0 Å². The Bertz CT molecular complexity index is 358. The van der Waals surface area contributed by atoms with Crippen LogP contribution in [0.3, 0.4) is 0 Å². The number of carboxylic acid groups (broad SMARTS) is 1. The first-order valence-corrected chi connectivity index (χ1v) is 6.42. The maximum Gasteiger partial charge on any atom is 0.0458 e. The first-order chi connectivity index (χ1) is 8.15. The van der Waals surface area contributed by atoms with E-state index in [1.807, 2.05) is 24.3 Å². The van der Waals surface area contributed by atoms with Crippen LogP contribution in [0.1, 0.15) is 56.6 Å². The monoisotopic (exact) mass is 233 g/mol. The summed E-state index contributed by atoms with van der Waals surface area (Å²) in [6.45, 7) is 4.36. The third kappa shape index (κ3) is 4.59. The van der Waals surface area contributed by atoms with Crippen molar-refractivity contribution in [3.63, 3.8) is 0 Å². The number of carbonyl (C=O) groups excluding carboxylic acids is 1. The third-order valence-corrected chi connectivity index (χ3v) is 3.16. The first-order valence-electron chi connectivity index (χ1n) is 6.42. The van der Waals surface area contributed by atoms with Gasteiger partial charge in [-0.15, -0.1) is 0 Å². The van der Waals surface area contributed by atoms with Gasteiger partial charge in [-0.2, -0.15) is 0 Å². The molecule has 0 saturated heterocycles. The average Bonchev–Trinajstić information content (AvgIpc) is 2.29. The summed E-state index contributed by atoms with van der Waals surface area (Å²) in [4.78, 5) is 10.7. The van der Waals surface area contributed by atoms with E-state index < -0.39 is 5.97 Å².